The molecule has 1 rings (SSSR count). The van der Waals surface area contributed by atoms with Crippen LogP contribution in [0.2, 0.25) is 0 Å². The first-order valence-corrected chi connectivity index (χ1v) is 4.68. The molecular weight excluding hydrogens is 196 g/mol. The van der Waals surface area contributed by atoms with Crippen LogP contribution in [0, 0.1) is 0 Å². The smallest absolute Gasteiger partial charge is 0.140 e. The second-order valence-corrected chi connectivity index (χ2v) is 2.65. The molecule has 0 saturated carbocycles. The molecule has 8 nitrogen and oxygen atoms in total. The Morgan fingerprint density at radius 3 is 2.93 bits per heavy atom. The number of hydrazine groups is 3. The monoisotopic (exact) mass is 210 g/mol. The van der Waals surface area contributed by atoms with Gasteiger partial charge in [0.25, 0.3) is 0 Å². The fourth-order valence-electron chi connectivity index (χ4n) is 1.04. The van der Waals surface area contributed by atoms with Gasteiger partial charge in [-0.3, -0.25) is 15.8 Å². The Balaban J connectivity index is 2.79. The number of nitrogens with one attached hydrogen (secondary N) is 3. The van der Waals surface area contributed by atoms with Crippen molar-refractivity contribution in [2.45, 2.75) is 13.8 Å². The summed E-state index contributed by atoms with van der Waals surface area (Å²) in [5.74, 6) is 1.03. The van der Waals surface area contributed by atoms with Crippen molar-refractivity contribution < 1.29 is 0 Å². The highest BCUT2D eigenvalue weighted by Gasteiger charge is 2.12. The fraction of sp³-hybridized carbons (Fsp3) is 0.571. The van der Waals surface area contributed by atoms with Crippen LogP contribution >= 0.6 is 0 Å². The van der Waals surface area contributed by atoms with E-state index in [1.807, 2.05) is 13.8 Å². The van der Waals surface area contributed by atoms with E-state index < -0.39 is 0 Å². The van der Waals surface area contributed by atoms with E-state index >= 15 is 0 Å². The van der Waals surface area contributed by atoms with Gasteiger partial charge in [-0.05, 0) is 17.6 Å². The lowest BCUT2D eigenvalue weighted by molar-refractivity contribution is 0.0953. The molecular formula is C7H14N8. The number of rotatable bonds is 4. The minimum atomic E-state index is 0.393. The molecule has 0 aromatic rings. The van der Waals surface area contributed by atoms with E-state index in [-0.39, 0.29) is 0 Å². The highest BCUT2D eigenvalue weighted by atomic mass is 15.9. The molecule has 0 saturated heterocycles. The maximum atomic E-state index is 8.33. The van der Waals surface area contributed by atoms with Crippen molar-refractivity contribution in [3.63, 3.8) is 0 Å². The first-order chi connectivity index (χ1) is 7.30. The molecule has 82 valence electrons. The van der Waals surface area contributed by atoms with E-state index in [1.165, 1.54) is 5.23 Å². The lowest BCUT2D eigenvalue weighted by Crippen LogP contribution is -2.59. The molecule has 1 aliphatic heterocycles. The van der Waals surface area contributed by atoms with Crippen LogP contribution in [0.4, 0.5) is 0 Å². The maximum Gasteiger partial charge on any atom is 0.140 e. The van der Waals surface area contributed by atoms with Gasteiger partial charge in [0.2, 0.25) is 0 Å². The Labute approximate surface area is 87.6 Å². The summed E-state index contributed by atoms with van der Waals surface area (Å²) in [6.07, 6.45) is 1.64. The molecule has 0 atom stereocenters. The number of aliphatic imine (C=N–C) groups is 1. The van der Waals surface area contributed by atoms with Gasteiger partial charge in [0.15, 0.2) is 0 Å². The Morgan fingerprint density at radius 1 is 1.53 bits per heavy atom. The van der Waals surface area contributed by atoms with E-state index in [0.29, 0.717) is 18.2 Å². The quantitative estimate of drug-likeness (QED) is 0.355. The molecule has 0 bridgehead atoms. The molecule has 0 aliphatic carbocycles. The van der Waals surface area contributed by atoms with Crippen LogP contribution in [-0.4, -0.2) is 24.2 Å². The zero-order chi connectivity index (χ0) is 11.1. The van der Waals surface area contributed by atoms with Crippen molar-refractivity contribution >= 4 is 5.84 Å². The molecule has 0 fully saturated rings. The molecule has 0 aromatic carbocycles. The van der Waals surface area contributed by atoms with Gasteiger partial charge in [0.1, 0.15) is 11.7 Å². The zero-order valence-corrected chi connectivity index (χ0v) is 8.73. The van der Waals surface area contributed by atoms with Crippen molar-refractivity contribution in [1.29, 1.82) is 0 Å². The summed E-state index contributed by atoms with van der Waals surface area (Å²) >= 11 is 0. The minimum absolute atomic E-state index is 0.393. The number of hydrogen-bond acceptors (Lipinski definition) is 5. The highest BCUT2D eigenvalue weighted by molar-refractivity contribution is 5.93. The molecule has 15 heavy (non-hydrogen) atoms. The number of nitrogens with zero attached hydrogens (tertiary/aromatic N) is 5. The average Bonchev–Trinajstić information content (AvgIpc) is 2.19. The standard InChI is InChI=1S/C7H14N8/c1-3-9-6-5-7(11-14-8)13-15(12-6)10-4-2/h5,10,13H,3-4H2,1-2H3,(H,9,12). The summed E-state index contributed by atoms with van der Waals surface area (Å²) in [5, 5.41) is 4.98. The van der Waals surface area contributed by atoms with Crippen LogP contribution in [0.25, 0.3) is 10.4 Å². The third kappa shape index (κ3) is 3.47. The second kappa shape index (κ2) is 5.86. The van der Waals surface area contributed by atoms with E-state index in [4.69, 9.17) is 5.53 Å². The first kappa shape index (κ1) is 11.3. The molecule has 0 unspecified atom stereocenters. The average molecular weight is 210 g/mol. The Morgan fingerprint density at radius 2 is 2.33 bits per heavy atom. The van der Waals surface area contributed by atoms with Gasteiger partial charge < -0.3 is 0 Å². The summed E-state index contributed by atoms with van der Waals surface area (Å²) in [7, 11) is 0. The van der Waals surface area contributed by atoms with Crippen LogP contribution in [0.5, 0.6) is 0 Å². The summed E-state index contributed by atoms with van der Waals surface area (Å²) in [6.45, 7) is 5.26. The summed E-state index contributed by atoms with van der Waals surface area (Å²) in [6, 6.07) is 0. The van der Waals surface area contributed by atoms with Gasteiger partial charge >= 0.3 is 0 Å². The third-order valence-electron chi connectivity index (χ3n) is 1.52. The molecule has 3 N–H and O–H groups in total. The molecule has 0 amide bonds. The van der Waals surface area contributed by atoms with Gasteiger partial charge in [-0.15, -0.1) is 0 Å². The Kier molecular flexibility index (Phi) is 4.42. The van der Waals surface area contributed by atoms with Crippen molar-refractivity contribution in [3.05, 3.63) is 22.3 Å². The molecule has 0 aromatic heterocycles. The maximum absolute atomic E-state index is 8.33. The molecule has 8 heteroatoms. The second-order valence-electron chi connectivity index (χ2n) is 2.65. The predicted molar refractivity (Wildman–Crippen MR) is 57.0 cm³/mol. The van der Waals surface area contributed by atoms with Crippen LogP contribution in [0.15, 0.2) is 22.0 Å². The van der Waals surface area contributed by atoms with Crippen LogP contribution in [0.3, 0.4) is 0 Å². The summed E-state index contributed by atoms with van der Waals surface area (Å²) < 4.78 is 0. The third-order valence-corrected chi connectivity index (χ3v) is 1.52. The first-order valence-electron chi connectivity index (χ1n) is 4.68. The Bertz CT molecular complexity index is 313. The normalized spacial score (nSPS) is 18.8. The lowest BCUT2D eigenvalue weighted by atomic mass is 10.5. The predicted octanol–water partition coefficient (Wildman–Crippen LogP) is 0.406. The van der Waals surface area contributed by atoms with Gasteiger partial charge in [-0.25, -0.2) is 5.43 Å². The number of azide groups is 1. The van der Waals surface area contributed by atoms with Gasteiger partial charge in [-0.1, -0.05) is 12.2 Å². The number of hydrogen-bond donors (Lipinski definition) is 3. The van der Waals surface area contributed by atoms with Gasteiger partial charge in [-0.2, -0.15) is 0 Å². The van der Waals surface area contributed by atoms with Crippen molar-refractivity contribution in [1.82, 2.24) is 21.5 Å². The van der Waals surface area contributed by atoms with Crippen molar-refractivity contribution in [2.24, 2.45) is 10.1 Å². The number of amidine groups is 1. The molecule has 0 spiro atoms. The lowest BCUT2D eigenvalue weighted by Gasteiger charge is -2.29. The molecule has 1 heterocycles. The van der Waals surface area contributed by atoms with E-state index in [1.54, 1.807) is 6.08 Å². The topological polar surface area (TPSA) is 100 Å². The zero-order valence-electron chi connectivity index (χ0n) is 8.73. The Hall–Kier alpha value is -1.76. The van der Waals surface area contributed by atoms with Gasteiger partial charge in [0, 0.05) is 24.1 Å². The van der Waals surface area contributed by atoms with E-state index in [2.05, 4.69) is 31.3 Å². The molecule has 1 aliphatic rings. The van der Waals surface area contributed by atoms with Crippen LogP contribution < -0.4 is 16.3 Å². The van der Waals surface area contributed by atoms with Crippen molar-refractivity contribution in [2.75, 3.05) is 13.1 Å². The van der Waals surface area contributed by atoms with Crippen LogP contribution in [0.1, 0.15) is 13.8 Å². The van der Waals surface area contributed by atoms with Gasteiger partial charge in [0.05, 0.1) is 0 Å². The van der Waals surface area contributed by atoms with Crippen molar-refractivity contribution in [3.8, 4) is 0 Å². The van der Waals surface area contributed by atoms with E-state index in [0.717, 1.165) is 6.54 Å². The van der Waals surface area contributed by atoms with E-state index in [9.17, 15) is 0 Å². The van der Waals surface area contributed by atoms with Crippen LogP contribution in [-0.2, 0) is 0 Å². The summed E-state index contributed by atoms with van der Waals surface area (Å²) in [4.78, 5) is 6.88. The minimum Gasteiger partial charge on any atom is -0.285 e. The SMILES string of the molecule is CCN=C1C=C(N=[N+]=[N-])NN(NCC)N1. The largest absolute Gasteiger partial charge is 0.285 e. The molecule has 0 radical (unpaired) electrons. The highest BCUT2D eigenvalue weighted by Crippen LogP contribution is 1.98. The summed E-state index contributed by atoms with van der Waals surface area (Å²) in [5.41, 5.74) is 17.1. The fourth-order valence-corrected chi connectivity index (χ4v) is 1.04.